The molecule has 3 rings (SSSR count). The second kappa shape index (κ2) is 7.24. The molecule has 118 valence electrons. The molecule has 0 spiro atoms. The van der Waals surface area contributed by atoms with Gasteiger partial charge in [-0.2, -0.15) is 0 Å². The number of carbonyl (C=O) groups is 1. The Kier molecular flexibility index (Phi) is 4.88. The zero-order valence-electron chi connectivity index (χ0n) is 12.4. The SMILES string of the molecule is O=C(NCC[C@@H](c1ccc(F)cc1)c1ccco1)c1cccs1. The lowest BCUT2D eigenvalue weighted by Crippen LogP contribution is -2.25. The summed E-state index contributed by atoms with van der Waals surface area (Å²) in [6.45, 7) is 0.513. The lowest BCUT2D eigenvalue weighted by molar-refractivity contribution is 0.0956. The van der Waals surface area contributed by atoms with Crippen molar-refractivity contribution < 1.29 is 13.6 Å². The lowest BCUT2D eigenvalue weighted by atomic mass is 9.93. The first-order valence-corrected chi connectivity index (χ1v) is 8.22. The quantitative estimate of drug-likeness (QED) is 0.727. The number of hydrogen-bond acceptors (Lipinski definition) is 3. The van der Waals surface area contributed by atoms with Crippen molar-refractivity contribution in [1.29, 1.82) is 0 Å². The summed E-state index contributed by atoms with van der Waals surface area (Å²) in [5.41, 5.74) is 0.965. The van der Waals surface area contributed by atoms with Gasteiger partial charge in [-0.1, -0.05) is 18.2 Å². The molecule has 1 N–H and O–H groups in total. The molecule has 1 aromatic carbocycles. The van der Waals surface area contributed by atoms with E-state index >= 15 is 0 Å². The molecule has 0 saturated heterocycles. The summed E-state index contributed by atoms with van der Waals surface area (Å²) in [6.07, 6.45) is 2.30. The average Bonchev–Trinajstić information content (AvgIpc) is 3.26. The van der Waals surface area contributed by atoms with E-state index in [4.69, 9.17) is 4.42 Å². The molecule has 0 aliphatic carbocycles. The van der Waals surface area contributed by atoms with Crippen molar-refractivity contribution in [2.24, 2.45) is 0 Å². The molecule has 0 saturated carbocycles. The van der Waals surface area contributed by atoms with Crippen LogP contribution in [0.15, 0.2) is 64.6 Å². The minimum Gasteiger partial charge on any atom is -0.469 e. The molecule has 3 nitrogen and oxygen atoms in total. The zero-order chi connectivity index (χ0) is 16.1. The summed E-state index contributed by atoms with van der Waals surface area (Å²) in [5, 5.41) is 4.79. The van der Waals surface area contributed by atoms with Gasteiger partial charge in [0.1, 0.15) is 11.6 Å². The molecule has 2 heterocycles. The van der Waals surface area contributed by atoms with E-state index in [2.05, 4.69) is 5.32 Å². The summed E-state index contributed by atoms with van der Waals surface area (Å²) < 4.78 is 18.6. The fourth-order valence-electron chi connectivity index (χ4n) is 2.48. The Morgan fingerprint density at radius 1 is 1.17 bits per heavy atom. The molecular formula is C18H16FNO2S. The third-order valence-corrected chi connectivity index (χ3v) is 4.49. The predicted molar refractivity (Wildman–Crippen MR) is 88.2 cm³/mol. The van der Waals surface area contributed by atoms with Gasteiger partial charge in [0.2, 0.25) is 0 Å². The number of rotatable bonds is 6. The van der Waals surface area contributed by atoms with Gasteiger partial charge in [0, 0.05) is 12.5 Å². The summed E-state index contributed by atoms with van der Waals surface area (Å²) in [4.78, 5) is 12.7. The summed E-state index contributed by atoms with van der Waals surface area (Å²) in [5.74, 6) is 0.450. The van der Waals surface area contributed by atoms with Crippen LogP contribution in [0.1, 0.15) is 33.3 Å². The van der Waals surface area contributed by atoms with Crippen LogP contribution in [0.25, 0.3) is 0 Å². The third kappa shape index (κ3) is 3.87. The van der Waals surface area contributed by atoms with Gasteiger partial charge in [0.15, 0.2) is 0 Å². The van der Waals surface area contributed by atoms with Crippen molar-refractivity contribution in [3.05, 3.63) is 82.2 Å². The van der Waals surface area contributed by atoms with E-state index in [0.717, 1.165) is 11.3 Å². The monoisotopic (exact) mass is 329 g/mol. The van der Waals surface area contributed by atoms with Crippen LogP contribution >= 0.6 is 11.3 Å². The molecule has 0 unspecified atom stereocenters. The van der Waals surface area contributed by atoms with Crippen LogP contribution < -0.4 is 5.32 Å². The van der Waals surface area contributed by atoms with E-state index in [-0.39, 0.29) is 17.6 Å². The first kappa shape index (κ1) is 15.5. The number of nitrogens with one attached hydrogen (secondary N) is 1. The predicted octanol–water partition coefficient (Wildman–Crippen LogP) is 4.43. The van der Waals surface area contributed by atoms with E-state index < -0.39 is 0 Å². The highest BCUT2D eigenvalue weighted by Gasteiger charge is 2.17. The van der Waals surface area contributed by atoms with Gasteiger partial charge in [0.05, 0.1) is 11.1 Å². The standard InChI is InChI=1S/C18H16FNO2S/c19-14-7-5-13(6-8-14)15(16-3-1-11-22-16)9-10-20-18(21)17-4-2-12-23-17/h1-8,11-12,15H,9-10H2,(H,20,21)/t15-/m0/s1. The van der Waals surface area contributed by atoms with Gasteiger partial charge in [-0.25, -0.2) is 4.39 Å². The highest BCUT2D eigenvalue weighted by molar-refractivity contribution is 7.12. The van der Waals surface area contributed by atoms with Crippen molar-refractivity contribution in [3.63, 3.8) is 0 Å². The van der Waals surface area contributed by atoms with E-state index in [1.807, 2.05) is 23.6 Å². The zero-order valence-corrected chi connectivity index (χ0v) is 13.2. The molecule has 3 aromatic rings. The lowest BCUT2D eigenvalue weighted by Gasteiger charge is -2.15. The van der Waals surface area contributed by atoms with Gasteiger partial charge in [0.25, 0.3) is 5.91 Å². The minimum absolute atomic E-state index is 0.0192. The Morgan fingerprint density at radius 2 is 2.00 bits per heavy atom. The molecule has 0 radical (unpaired) electrons. The van der Waals surface area contributed by atoms with Crippen LogP contribution in [-0.4, -0.2) is 12.5 Å². The Labute approximate surface area is 137 Å². The molecule has 5 heteroatoms. The van der Waals surface area contributed by atoms with Crippen molar-refractivity contribution in [3.8, 4) is 0 Å². The smallest absolute Gasteiger partial charge is 0.261 e. The topological polar surface area (TPSA) is 42.2 Å². The summed E-state index contributed by atoms with van der Waals surface area (Å²) in [6, 6.07) is 13.8. The van der Waals surface area contributed by atoms with Gasteiger partial charge < -0.3 is 9.73 Å². The second-order valence-corrected chi connectivity index (χ2v) is 6.09. The maximum Gasteiger partial charge on any atom is 0.261 e. The molecule has 23 heavy (non-hydrogen) atoms. The average molecular weight is 329 g/mol. The highest BCUT2D eigenvalue weighted by Crippen LogP contribution is 2.28. The molecule has 0 aliphatic rings. The van der Waals surface area contributed by atoms with E-state index in [1.54, 1.807) is 24.5 Å². The number of furan rings is 1. The van der Waals surface area contributed by atoms with Crippen LogP contribution in [0.5, 0.6) is 0 Å². The van der Waals surface area contributed by atoms with Gasteiger partial charge >= 0.3 is 0 Å². The third-order valence-electron chi connectivity index (χ3n) is 3.62. The first-order chi connectivity index (χ1) is 11.2. The number of thiophene rings is 1. The van der Waals surface area contributed by atoms with Gasteiger partial charge in [-0.05, 0) is 47.7 Å². The largest absolute Gasteiger partial charge is 0.469 e. The Morgan fingerprint density at radius 3 is 2.65 bits per heavy atom. The van der Waals surface area contributed by atoms with Crippen LogP contribution in [0.3, 0.4) is 0 Å². The highest BCUT2D eigenvalue weighted by atomic mass is 32.1. The van der Waals surface area contributed by atoms with Crippen molar-refractivity contribution in [2.75, 3.05) is 6.54 Å². The molecule has 1 amide bonds. The van der Waals surface area contributed by atoms with Gasteiger partial charge in [-0.15, -0.1) is 11.3 Å². The Balaban J connectivity index is 1.67. The molecule has 1 atom stereocenters. The minimum atomic E-state index is -0.266. The van der Waals surface area contributed by atoms with Crippen molar-refractivity contribution in [2.45, 2.75) is 12.3 Å². The molecular weight excluding hydrogens is 313 g/mol. The van der Waals surface area contributed by atoms with Crippen LogP contribution in [0, 0.1) is 5.82 Å². The van der Waals surface area contributed by atoms with Crippen LogP contribution in [0.2, 0.25) is 0 Å². The van der Waals surface area contributed by atoms with Gasteiger partial charge in [-0.3, -0.25) is 4.79 Å². The molecule has 0 bridgehead atoms. The van der Waals surface area contributed by atoms with Crippen molar-refractivity contribution in [1.82, 2.24) is 5.32 Å². The molecule has 0 fully saturated rings. The Hall–Kier alpha value is -2.40. The van der Waals surface area contributed by atoms with Crippen LogP contribution in [0.4, 0.5) is 4.39 Å². The maximum atomic E-state index is 13.1. The molecule has 2 aromatic heterocycles. The number of amides is 1. The fourth-order valence-corrected chi connectivity index (χ4v) is 3.12. The van der Waals surface area contributed by atoms with Crippen molar-refractivity contribution >= 4 is 17.2 Å². The first-order valence-electron chi connectivity index (χ1n) is 7.34. The Bertz CT molecular complexity index is 736. The van der Waals surface area contributed by atoms with E-state index in [1.165, 1.54) is 23.5 Å². The number of carbonyl (C=O) groups excluding carboxylic acids is 1. The molecule has 0 aliphatic heterocycles. The second-order valence-electron chi connectivity index (χ2n) is 5.14. The van der Waals surface area contributed by atoms with E-state index in [0.29, 0.717) is 17.8 Å². The number of halogens is 1. The normalized spacial score (nSPS) is 12.0. The fraction of sp³-hybridized carbons (Fsp3) is 0.167. The summed E-state index contributed by atoms with van der Waals surface area (Å²) in [7, 11) is 0. The van der Waals surface area contributed by atoms with Crippen LogP contribution in [-0.2, 0) is 0 Å². The maximum absolute atomic E-state index is 13.1. The summed E-state index contributed by atoms with van der Waals surface area (Å²) >= 11 is 1.41. The van der Waals surface area contributed by atoms with E-state index in [9.17, 15) is 9.18 Å². The number of hydrogen-bond donors (Lipinski definition) is 1. The number of benzene rings is 1.